The van der Waals surface area contributed by atoms with E-state index in [4.69, 9.17) is 10.5 Å². The molecule has 0 radical (unpaired) electrons. The van der Waals surface area contributed by atoms with Gasteiger partial charge in [-0.05, 0) is 25.0 Å². The summed E-state index contributed by atoms with van der Waals surface area (Å²) in [5.74, 6) is -0.0587. The van der Waals surface area contributed by atoms with Gasteiger partial charge in [0.15, 0.2) is 0 Å². The molecule has 0 aliphatic heterocycles. The Morgan fingerprint density at radius 3 is 2.53 bits per heavy atom. The van der Waals surface area contributed by atoms with Crippen molar-refractivity contribution in [3.05, 3.63) is 35.4 Å². The highest BCUT2D eigenvalue weighted by atomic mass is 32.2. The maximum atomic E-state index is 12.0. The van der Waals surface area contributed by atoms with Crippen molar-refractivity contribution < 1.29 is 13.2 Å². The van der Waals surface area contributed by atoms with E-state index in [9.17, 15) is 8.42 Å². The van der Waals surface area contributed by atoms with E-state index in [1.165, 1.54) is 0 Å². The Morgan fingerprint density at radius 2 is 1.95 bits per heavy atom. The van der Waals surface area contributed by atoms with Crippen LogP contribution in [0.2, 0.25) is 0 Å². The second-order valence-corrected chi connectivity index (χ2v) is 6.16. The molecule has 0 heterocycles. The first-order chi connectivity index (χ1) is 8.98. The van der Waals surface area contributed by atoms with Crippen molar-refractivity contribution in [2.75, 3.05) is 13.2 Å². The van der Waals surface area contributed by atoms with Gasteiger partial charge in [0, 0.05) is 19.2 Å². The van der Waals surface area contributed by atoms with E-state index in [0.29, 0.717) is 19.8 Å². The molecule has 19 heavy (non-hydrogen) atoms. The van der Waals surface area contributed by atoms with Gasteiger partial charge < -0.3 is 10.5 Å². The lowest BCUT2D eigenvalue weighted by atomic mass is 10.1. The lowest BCUT2D eigenvalue weighted by Crippen LogP contribution is -2.36. The summed E-state index contributed by atoms with van der Waals surface area (Å²) in [5, 5.41) is 0. The third kappa shape index (κ3) is 5.69. The minimum absolute atomic E-state index is 0.0587. The third-order valence-corrected chi connectivity index (χ3v) is 4.09. The summed E-state index contributed by atoms with van der Waals surface area (Å²) in [5.41, 5.74) is 7.19. The van der Waals surface area contributed by atoms with Gasteiger partial charge in [-0.2, -0.15) is 0 Å². The monoisotopic (exact) mass is 286 g/mol. The Bertz CT molecular complexity index is 488. The highest BCUT2D eigenvalue weighted by Gasteiger charge is 2.16. The Kier molecular flexibility index (Phi) is 6.44. The van der Waals surface area contributed by atoms with Crippen molar-refractivity contribution in [1.82, 2.24) is 4.72 Å². The summed E-state index contributed by atoms with van der Waals surface area (Å²) in [6.07, 6.45) is 0. The maximum absolute atomic E-state index is 12.0. The van der Waals surface area contributed by atoms with Crippen LogP contribution in [0.4, 0.5) is 0 Å². The molecule has 0 aromatic heterocycles. The van der Waals surface area contributed by atoms with Crippen LogP contribution in [0.5, 0.6) is 0 Å². The second kappa shape index (κ2) is 7.59. The largest absolute Gasteiger partial charge is 0.380 e. The van der Waals surface area contributed by atoms with E-state index >= 15 is 0 Å². The van der Waals surface area contributed by atoms with Crippen LogP contribution in [0.15, 0.2) is 24.3 Å². The fourth-order valence-corrected chi connectivity index (χ4v) is 3.23. The summed E-state index contributed by atoms with van der Waals surface area (Å²) in [7, 11) is -3.38. The number of hydrogen-bond acceptors (Lipinski definition) is 4. The number of rotatable bonds is 8. The average molecular weight is 286 g/mol. The number of benzene rings is 1. The molecule has 6 heteroatoms. The first-order valence-electron chi connectivity index (χ1n) is 6.33. The first kappa shape index (κ1) is 16.1. The van der Waals surface area contributed by atoms with Crippen LogP contribution in [0.3, 0.4) is 0 Å². The Hall–Kier alpha value is -0.950. The van der Waals surface area contributed by atoms with Crippen LogP contribution in [-0.2, 0) is 27.1 Å². The number of ether oxygens (including phenoxy) is 1. The van der Waals surface area contributed by atoms with E-state index in [1.807, 2.05) is 25.1 Å². The highest BCUT2D eigenvalue weighted by molar-refractivity contribution is 7.88. The molecule has 0 amide bonds. The van der Waals surface area contributed by atoms with Crippen LogP contribution >= 0.6 is 0 Å². The van der Waals surface area contributed by atoms with Crippen molar-refractivity contribution in [2.24, 2.45) is 5.73 Å². The third-order valence-electron chi connectivity index (χ3n) is 2.64. The van der Waals surface area contributed by atoms with Crippen LogP contribution in [0.25, 0.3) is 0 Å². The lowest BCUT2D eigenvalue weighted by molar-refractivity contribution is 0.133. The maximum Gasteiger partial charge on any atom is 0.216 e. The molecule has 1 rings (SSSR count). The molecular weight excluding hydrogens is 264 g/mol. The van der Waals surface area contributed by atoms with Crippen LogP contribution in [0.1, 0.15) is 25.0 Å². The van der Waals surface area contributed by atoms with Gasteiger partial charge >= 0.3 is 0 Å². The van der Waals surface area contributed by atoms with Gasteiger partial charge in [0.25, 0.3) is 0 Å². The first-order valence-corrected chi connectivity index (χ1v) is 7.98. The van der Waals surface area contributed by atoms with E-state index in [-0.39, 0.29) is 11.8 Å². The fourth-order valence-electron chi connectivity index (χ4n) is 1.78. The van der Waals surface area contributed by atoms with Gasteiger partial charge in [0.1, 0.15) is 0 Å². The zero-order valence-corrected chi connectivity index (χ0v) is 12.2. The SMILES string of the molecule is CCOCC(C)NS(=O)(=O)Cc1ccccc1CN. The summed E-state index contributed by atoms with van der Waals surface area (Å²) in [4.78, 5) is 0. The predicted molar refractivity (Wildman–Crippen MR) is 76.0 cm³/mol. The molecule has 1 aromatic carbocycles. The van der Waals surface area contributed by atoms with Crippen LogP contribution < -0.4 is 10.5 Å². The second-order valence-electron chi connectivity index (χ2n) is 4.41. The molecule has 5 nitrogen and oxygen atoms in total. The van der Waals surface area contributed by atoms with Crippen molar-refractivity contribution in [3.63, 3.8) is 0 Å². The normalized spacial score (nSPS) is 13.4. The molecule has 0 saturated carbocycles. The molecule has 1 unspecified atom stereocenters. The minimum Gasteiger partial charge on any atom is -0.380 e. The Labute approximate surface area is 115 Å². The zero-order chi connectivity index (χ0) is 14.3. The number of nitrogens with two attached hydrogens (primary N) is 1. The predicted octanol–water partition coefficient (Wildman–Crippen LogP) is 0.990. The molecule has 108 valence electrons. The van der Waals surface area contributed by atoms with Crippen LogP contribution in [-0.4, -0.2) is 27.7 Å². The van der Waals surface area contributed by atoms with Gasteiger partial charge in [-0.25, -0.2) is 13.1 Å². The summed E-state index contributed by atoms with van der Waals surface area (Å²) >= 11 is 0. The lowest BCUT2D eigenvalue weighted by Gasteiger charge is -2.15. The van der Waals surface area contributed by atoms with Gasteiger partial charge in [-0.1, -0.05) is 24.3 Å². The smallest absolute Gasteiger partial charge is 0.216 e. The molecule has 1 aromatic rings. The molecule has 0 fully saturated rings. The standard InChI is InChI=1S/C13H22N2O3S/c1-3-18-9-11(2)15-19(16,17)10-13-7-5-4-6-12(13)8-14/h4-7,11,15H,3,8-10,14H2,1-2H3. The molecule has 0 aliphatic carbocycles. The Morgan fingerprint density at radius 1 is 1.32 bits per heavy atom. The van der Waals surface area contributed by atoms with E-state index in [1.54, 1.807) is 13.0 Å². The molecule has 0 spiro atoms. The van der Waals surface area contributed by atoms with E-state index < -0.39 is 10.0 Å². The van der Waals surface area contributed by atoms with Crippen molar-refractivity contribution in [2.45, 2.75) is 32.2 Å². The molecule has 3 N–H and O–H groups in total. The molecule has 0 saturated heterocycles. The average Bonchev–Trinajstić information content (AvgIpc) is 2.36. The molecule has 0 aliphatic rings. The number of hydrogen-bond donors (Lipinski definition) is 2. The van der Waals surface area contributed by atoms with Gasteiger partial charge in [0.2, 0.25) is 10.0 Å². The summed E-state index contributed by atoms with van der Waals surface area (Å²) < 4.78 is 31.9. The highest BCUT2D eigenvalue weighted by Crippen LogP contribution is 2.11. The van der Waals surface area contributed by atoms with Gasteiger partial charge in [-0.3, -0.25) is 0 Å². The van der Waals surface area contributed by atoms with Crippen molar-refractivity contribution in [3.8, 4) is 0 Å². The Balaban J connectivity index is 2.68. The van der Waals surface area contributed by atoms with Crippen molar-refractivity contribution in [1.29, 1.82) is 0 Å². The van der Waals surface area contributed by atoms with Gasteiger partial charge in [-0.15, -0.1) is 0 Å². The van der Waals surface area contributed by atoms with Gasteiger partial charge in [0.05, 0.1) is 12.4 Å². The van der Waals surface area contributed by atoms with E-state index in [2.05, 4.69) is 4.72 Å². The topological polar surface area (TPSA) is 81.4 Å². The quantitative estimate of drug-likeness (QED) is 0.746. The molecule has 1 atom stereocenters. The van der Waals surface area contributed by atoms with E-state index in [0.717, 1.165) is 11.1 Å². The fraction of sp³-hybridized carbons (Fsp3) is 0.538. The molecular formula is C13H22N2O3S. The summed E-state index contributed by atoms with van der Waals surface area (Å²) in [6.45, 7) is 4.93. The van der Waals surface area contributed by atoms with Crippen LogP contribution in [0, 0.1) is 0 Å². The summed E-state index contributed by atoms with van der Waals surface area (Å²) in [6, 6.07) is 7.05. The molecule has 0 bridgehead atoms. The van der Waals surface area contributed by atoms with Crippen molar-refractivity contribution >= 4 is 10.0 Å². The zero-order valence-electron chi connectivity index (χ0n) is 11.4. The number of sulfonamides is 1. The number of nitrogens with one attached hydrogen (secondary N) is 1. The minimum atomic E-state index is -3.38.